The number of aliphatic hydroxyl groups is 1. The number of hydrogen-bond acceptors (Lipinski definition) is 3. The topological polar surface area (TPSA) is 58.6 Å². The van der Waals surface area contributed by atoms with E-state index in [1.165, 1.54) is 0 Å². The summed E-state index contributed by atoms with van der Waals surface area (Å²) in [6.45, 7) is 2.82. The van der Waals surface area contributed by atoms with E-state index in [0.29, 0.717) is 6.61 Å². The fourth-order valence-corrected chi connectivity index (χ4v) is 2.17. The quantitative estimate of drug-likeness (QED) is 0.846. The van der Waals surface area contributed by atoms with Crippen molar-refractivity contribution in [3.8, 4) is 0 Å². The number of amides is 1. The summed E-state index contributed by atoms with van der Waals surface area (Å²) < 4.78 is 5.28. The van der Waals surface area contributed by atoms with Gasteiger partial charge in [0.15, 0.2) is 0 Å². The Bertz CT molecular complexity index is 413. The van der Waals surface area contributed by atoms with Gasteiger partial charge in [-0.25, -0.2) is 0 Å². The first-order chi connectivity index (χ1) is 8.68. The number of rotatable bonds is 4. The molecule has 0 saturated carbocycles. The van der Waals surface area contributed by atoms with E-state index in [2.05, 4.69) is 5.32 Å². The molecule has 18 heavy (non-hydrogen) atoms. The molecule has 1 heterocycles. The van der Waals surface area contributed by atoms with Crippen molar-refractivity contribution in [3.05, 3.63) is 35.4 Å². The van der Waals surface area contributed by atoms with Crippen LogP contribution in [0.2, 0.25) is 0 Å². The maximum absolute atomic E-state index is 11.7. The summed E-state index contributed by atoms with van der Waals surface area (Å²) in [7, 11) is 0. The average molecular weight is 249 g/mol. The third-order valence-electron chi connectivity index (χ3n) is 3.24. The minimum Gasteiger partial charge on any atom is -0.387 e. The molecule has 1 saturated heterocycles. The summed E-state index contributed by atoms with van der Waals surface area (Å²) in [4.78, 5) is 11.7. The minimum atomic E-state index is -0.670. The molecule has 98 valence electrons. The molecular weight excluding hydrogens is 230 g/mol. The van der Waals surface area contributed by atoms with E-state index in [4.69, 9.17) is 4.74 Å². The molecule has 1 aliphatic heterocycles. The summed E-state index contributed by atoms with van der Waals surface area (Å²) in [5.74, 6) is -0.125. The van der Waals surface area contributed by atoms with Gasteiger partial charge in [-0.15, -0.1) is 0 Å². The molecule has 1 amide bonds. The SMILES string of the molecule is Cc1ccccc1C(O)CNC(=O)C1CCCO1. The van der Waals surface area contributed by atoms with Gasteiger partial charge >= 0.3 is 0 Å². The normalized spacial score (nSPS) is 20.7. The van der Waals surface area contributed by atoms with E-state index >= 15 is 0 Å². The fraction of sp³-hybridized carbons (Fsp3) is 0.500. The van der Waals surface area contributed by atoms with Gasteiger partial charge in [-0.05, 0) is 30.9 Å². The summed E-state index contributed by atoms with van der Waals surface area (Å²) >= 11 is 0. The van der Waals surface area contributed by atoms with Gasteiger partial charge in [0, 0.05) is 13.2 Å². The monoisotopic (exact) mass is 249 g/mol. The lowest BCUT2D eigenvalue weighted by molar-refractivity contribution is -0.130. The number of carbonyl (C=O) groups is 1. The van der Waals surface area contributed by atoms with Crippen LogP contribution >= 0.6 is 0 Å². The van der Waals surface area contributed by atoms with Crippen molar-refractivity contribution in [1.82, 2.24) is 5.32 Å². The maximum atomic E-state index is 11.7. The van der Waals surface area contributed by atoms with Crippen molar-refractivity contribution < 1.29 is 14.6 Å². The van der Waals surface area contributed by atoms with Crippen LogP contribution in [0, 0.1) is 6.92 Å². The van der Waals surface area contributed by atoms with Crippen molar-refractivity contribution in [2.24, 2.45) is 0 Å². The Morgan fingerprint density at radius 2 is 2.33 bits per heavy atom. The van der Waals surface area contributed by atoms with Crippen molar-refractivity contribution in [3.63, 3.8) is 0 Å². The molecule has 0 aliphatic carbocycles. The number of aryl methyl sites for hydroxylation is 1. The molecule has 2 rings (SSSR count). The zero-order chi connectivity index (χ0) is 13.0. The molecule has 1 aromatic rings. The largest absolute Gasteiger partial charge is 0.387 e. The van der Waals surface area contributed by atoms with Gasteiger partial charge in [0.1, 0.15) is 6.10 Å². The summed E-state index contributed by atoms with van der Waals surface area (Å²) in [6, 6.07) is 7.63. The van der Waals surface area contributed by atoms with Gasteiger partial charge in [0.2, 0.25) is 5.91 Å². The van der Waals surface area contributed by atoms with Crippen molar-refractivity contribution in [2.75, 3.05) is 13.2 Å². The molecule has 0 bridgehead atoms. The molecule has 1 aromatic carbocycles. The molecule has 2 N–H and O–H groups in total. The lowest BCUT2D eigenvalue weighted by Crippen LogP contribution is -2.36. The van der Waals surface area contributed by atoms with Crippen LogP contribution in [0.5, 0.6) is 0 Å². The third kappa shape index (κ3) is 3.09. The van der Waals surface area contributed by atoms with Crippen LogP contribution in [0.3, 0.4) is 0 Å². The van der Waals surface area contributed by atoms with E-state index in [-0.39, 0.29) is 18.6 Å². The summed E-state index contributed by atoms with van der Waals surface area (Å²) in [6.07, 6.45) is 0.690. The van der Waals surface area contributed by atoms with Gasteiger partial charge in [0.25, 0.3) is 0 Å². The minimum absolute atomic E-state index is 0.125. The van der Waals surface area contributed by atoms with Crippen molar-refractivity contribution in [2.45, 2.75) is 32.0 Å². The Morgan fingerprint density at radius 3 is 3.00 bits per heavy atom. The van der Waals surface area contributed by atoms with E-state index in [0.717, 1.165) is 24.0 Å². The van der Waals surface area contributed by atoms with Crippen LogP contribution in [-0.4, -0.2) is 30.3 Å². The number of ether oxygens (including phenoxy) is 1. The molecule has 0 spiro atoms. The first-order valence-electron chi connectivity index (χ1n) is 6.31. The number of aliphatic hydroxyl groups excluding tert-OH is 1. The zero-order valence-corrected chi connectivity index (χ0v) is 10.6. The van der Waals surface area contributed by atoms with Gasteiger partial charge in [0.05, 0.1) is 6.10 Å². The van der Waals surface area contributed by atoms with Gasteiger partial charge in [-0.1, -0.05) is 24.3 Å². The Hall–Kier alpha value is -1.39. The molecular formula is C14H19NO3. The van der Waals surface area contributed by atoms with Gasteiger partial charge < -0.3 is 15.2 Å². The highest BCUT2D eigenvalue weighted by Crippen LogP contribution is 2.17. The second kappa shape index (κ2) is 5.98. The highest BCUT2D eigenvalue weighted by molar-refractivity contribution is 5.80. The van der Waals surface area contributed by atoms with Crippen molar-refractivity contribution >= 4 is 5.91 Å². The van der Waals surface area contributed by atoms with Gasteiger partial charge in [-0.2, -0.15) is 0 Å². The second-order valence-corrected chi connectivity index (χ2v) is 4.62. The Morgan fingerprint density at radius 1 is 1.56 bits per heavy atom. The summed E-state index contributed by atoms with van der Waals surface area (Å²) in [5, 5.41) is 12.8. The third-order valence-corrected chi connectivity index (χ3v) is 3.24. The van der Waals surface area contributed by atoms with Crippen molar-refractivity contribution in [1.29, 1.82) is 0 Å². The molecule has 0 aromatic heterocycles. The zero-order valence-electron chi connectivity index (χ0n) is 10.6. The smallest absolute Gasteiger partial charge is 0.249 e. The number of carbonyl (C=O) groups excluding carboxylic acids is 1. The van der Waals surface area contributed by atoms with E-state index < -0.39 is 6.10 Å². The molecule has 4 heteroatoms. The molecule has 1 aliphatic rings. The molecule has 4 nitrogen and oxygen atoms in total. The van der Waals surface area contributed by atoms with E-state index in [1.54, 1.807) is 0 Å². The molecule has 2 atom stereocenters. The molecule has 2 unspecified atom stereocenters. The number of nitrogens with one attached hydrogen (secondary N) is 1. The van der Waals surface area contributed by atoms with Crippen LogP contribution in [-0.2, 0) is 9.53 Å². The molecule has 0 radical (unpaired) electrons. The van der Waals surface area contributed by atoms with Crippen LogP contribution in [0.25, 0.3) is 0 Å². The van der Waals surface area contributed by atoms with Crippen LogP contribution in [0.1, 0.15) is 30.1 Å². The highest BCUT2D eigenvalue weighted by Gasteiger charge is 2.23. The lowest BCUT2D eigenvalue weighted by Gasteiger charge is -2.16. The first kappa shape index (κ1) is 13.1. The molecule has 1 fully saturated rings. The van der Waals surface area contributed by atoms with Crippen LogP contribution in [0.4, 0.5) is 0 Å². The average Bonchev–Trinajstić information content (AvgIpc) is 2.90. The van der Waals surface area contributed by atoms with E-state index in [1.807, 2.05) is 31.2 Å². The standard InChI is InChI=1S/C14H19NO3/c1-10-5-2-3-6-11(10)12(16)9-15-14(17)13-7-4-8-18-13/h2-3,5-6,12-13,16H,4,7-9H2,1H3,(H,15,17). The first-order valence-corrected chi connectivity index (χ1v) is 6.31. The number of benzene rings is 1. The Labute approximate surface area is 107 Å². The van der Waals surface area contributed by atoms with E-state index in [9.17, 15) is 9.90 Å². The highest BCUT2D eigenvalue weighted by atomic mass is 16.5. The maximum Gasteiger partial charge on any atom is 0.249 e. The number of hydrogen-bond donors (Lipinski definition) is 2. The Kier molecular flexibility index (Phi) is 4.33. The second-order valence-electron chi connectivity index (χ2n) is 4.62. The fourth-order valence-electron chi connectivity index (χ4n) is 2.17. The summed E-state index contributed by atoms with van der Waals surface area (Å²) in [5.41, 5.74) is 1.88. The predicted octanol–water partition coefficient (Wildman–Crippen LogP) is 1.32. The predicted molar refractivity (Wildman–Crippen MR) is 68.1 cm³/mol. The van der Waals surface area contributed by atoms with Gasteiger partial charge in [-0.3, -0.25) is 4.79 Å². The van der Waals surface area contributed by atoms with Crippen LogP contribution in [0.15, 0.2) is 24.3 Å². The van der Waals surface area contributed by atoms with Crippen LogP contribution < -0.4 is 5.32 Å². The lowest BCUT2D eigenvalue weighted by atomic mass is 10.0. The Balaban J connectivity index is 1.86.